The van der Waals surface area contributed by atoms with E-state index in [4.69, 9.17) is 0 Å². The van der Waals surface area contributed by atoms with Gasteiger partial charge in [0.15, 0.2) is 0 Å². The zero-order valence-corrected chi connectivity index (χ0v) is 14.5. The normalized spacial score (nSPS) is 22.3. The van der Waals surface area contributed by atoms with Crippen LogP contribution in [0.2, 0.25) is 0 Å². The number of non-ortho nitro benzene ring substituents is 1. The minimum Gasteiger partial charge on any atom is -0.481 e. The second-order valence-corrected chi connectivity index (χ2v) is 8.24. The average Bonchev–Trinajstić information content (AvgIpc) is 2.45. The Bertz CT molecular complexity index is 766. The molecule has 0 aliphatic carbocycles. The minimum atomic E-state index is -3.92. The number of carboxylic acids is 1. The molecule has 0 radical (unpaired) electrons. The van der Waals surface area contributed by atoms with Gasteiger partial charge in [-0.25, -0.2) is 8.42 Å². The number of sulfonamides is 1. The van der Waals surface area contributed by atoms with Crippen molar-refractivity contribution in [3.05, 3.63) is 33.4 Å². The first-order valence-corrected chi connectivity index (χ1v) is 8.96. The van der Waals surface area contributed by atoms with E-state index in [0.717, 1.165) is 0 Å². The molecular formula is C15H20N2O6S. The monoisotopic (exact) mass is 356 g/mol. The third-order valence-electron chi connectivity index (χ3n) is 4.23. The highest BCUT2D eigenvalue weighted by Crippen LogP contribution is 2.32. The van der Waals surface area contributed by atoms with E-state index >= 15 is 0 Å². The third kappa shape index (κ3) is 3.41. The Labute approximate surface area is 140 Å². The van der Waals surface area contributed by atoms with Crippen molar-refractivity contribution < 1.29 is 23.2 Å². The van der Waals surface area contributed by atoms with Gasteiger partial charge in [-0.2, -0.15) is 4.31 Å². The second kappa shape index (κ2) is 6.48. The van der Waals surface area contributed by atoms with Crippen molar-refractivity contribution in [3.63, 3.8) is 0 Å². The van der Waals surface area contributed by atoms with Crippen LogP contribution in [0.3, 0.4) is 0 Å². The van der Waals surface area contributed by atoms with Crippen LogP contribution in [-0.2, 0) is 14.8 Å². The molecule has 1 aromatic rings. The molecule has 0 spiro atoms. The van der Waals surface area contributed by atoms with E-state index in [0.29, 0.717) is 6.42 Å². The molecule has 1 fully saturated rings. The molecule has 1 saturated heterocycles. The summed E-state index contributed by atoms with van der Waals surface area (Å²) in [7, 11) is -3.92. The van der Waals surface area contributed by atoms with Crippen molar-refractivity contribution in [1.29, 1.82) is 0 Å². The topological polar surface area (TPSA) is 118 Å². The van der Waals surface area contributed by atoms with Crippen LogP contribution in [0.5, 0.6) is 0 Å². The summed E-state index contributed by atoms with van der Waals surface area (Å²) in [6.45, 7) is 4.98. The predicted molar refractivity (Wildman–Crippen MR) is 86.2 cm³/mol. The number of piperidine rings is 1. The smallest absolute Gasteiger partial charge is 0.307 e. The fraction of sp³-hybridized carbons (Fsp3) is 0.533. The summed E-state index contributed by atoms with van der Waals surface area (Å²) in [5, 5.41) is 20.1. The summed E-state index contributed by atoms with van der Waals surface area (Å²) in [6, 6.07) is 2.45. The zero-order valence-electron chi connectivity index (χ0n) is 13.7. The molecule has 1 aromatic carbocycles. The molecule has 2 unspecified atom stereocenters. The van der Waals surface area contributed by atoms with Gasteiger partial charge in [-0.3, -0.25) is 14.9 Å². The molecule has 2 atom stereocenters. The number of nitro groups is 1. The Morgan fingerprint density at radius 1 is 1.29 bits per heavy atom. The molecule has 1 N–H and O–H groups in total. The van der Waals surface area contributed by atoms with Crippen molar-refractivity contribution in [2.24, 2.45) is 11.8 Å². The van der Waals surface area contributed by atoms with Gasteiger partial charge in [0.2, 0.25) is 10.0 Å². The standard InChI is InChI=1S/C15H20N2O6S/c1-9-4-12(15(18)19)8-16(7-9)24(22,23)14-10(2)5-13(17(20)21)6-11(14)3/h5-6,9,12H,4,7-8H2,1-3H3,(H,18,19). The first-order valence-electron chi connectivity index (χ1n) is 7.52. The summed E-state index contributed by atoms with van der Waals surface area (Å²) >= 11 is 0. The first-order chi connectivity index (χ1) is 11.0. The molecule has 0 bridgehead atoms. The van der Waals surface area contributed by atoms with Crippen LogP contribution in [-0.4, -0.2) is 41.8 Å². The summed E-state index contributed by atoms with van der Waals surface area (Å²) in [5.41, 5.74) is 0.401. The van der Waals surface area contributed by atoms with E-state index in [1.165, 1.54) is 30.3 Å². The molecule has 132 valence electrons. The van der Waals surface area contributed by atoms with Crippen molar-refractivity contribution >= 4 is 21.7 Å². The van der Waals surface area contributed by atoms with Gasteiger partial charge < -0.3 is 5.11 Å². The zero-order chi connectivity index (χ0) is 18.2. The number of benzene rings is 1. The van der Waals surface area contributed by atoms with Crippen molar-refractivity contribution in [2.45, 2.75) is 32.1 Å². The largest absolute Gasteiger partial charge is 0.481 e. The lowest BCUT2D eigenvalue weighted by Gasteiger charge is -2.34. The molecular weight excluding hydrogens is 336 g/mol. The van der Waals surface area contributed by atoms with Crippen LogP contribution >= 0.6 is 0 Å². The van der Waals surface area contributed by atoms with Crippen LogP contribution < -0.4 is 0 Å². The number of nitro benzene ring substituents is 1. The van der Waals surface area contributed by atoms with Gasteiger partial charge in [0, 0.05) is 25.2 Å². The Kier molecular flexibility index (Phi) is 4.95. The Balaban J connectivity index is 2.47. The fourth-order valence-corrected chi connectivity index (χ4v) is 5.26. The number of carboxylic acid groups (broad SMARTS) is 1. The quantitative estimate of drug-likeness (QED) is 0.650. The van der Waals surface area contributed by atoms with Gasteiger partial charge in [0.05, 0.1) is 15.7 Å². The summed E-state index contributed by atoms with van der Waals surface area (Å²) in [6.07, 6.45) is 0.430. The maximum absolute atomic E-state index is 13.0. The second-order valence-electron chi connectivity index (χ2n) is 6.36. The predicted octanol–water partition coefficient (Wildman–Crippen LogP) is 1.94. The molecule has 24 heavy (non-hydrogen) atoms. The van der Waals surface area contributed by atoms with Crippen molar-refractivity contribution in [2.75, 3.05) is 13.1 Å². The van der Waals surface area contributed by atoms with Crippen molar-refractivity contribution in [3.8, 4) is 0 Å². The number of hydrogen-bond donors (Lipinski definition) is 1. The van der Waals surface area contributed by atoms with E-state index in [1.54, 1.807) is 0 Å². The lowest BCUT2D eigenvalue weighted by Crippen LogP contribution is -2.45. The lowest BCUT2D eigenvalue weighted by atomic mass is 9.92. The van der Waals surface area contributed by atoms with Gasteiger partial charge in [-0.05, 0) is 37.3 Å². The highest BCUT2D eigenvalue weighted by atomic mass is 32.2. The fourth-order valence-electron chi connectivity index (χ4n) is 3.25. The van der Waals surface area contributed by atoms with E-state index in [9.17, 15) is 28.4 Å². The molecule has 9 heteroatoms. The molecule has 2 rings (SSSR count). The number of aryl methyl sites for hydroxylation is 2. The number of rotatable bonds is 4. The lowest BCUT2D eigenvalue weighted by molar-refractivity contribution is -0.385. The number of aliphatic carboxylic acids is 1. The van der Waals surface area contributed by atoms with Gasteiger partial charge in [0.1, 0.15) is 0 Å². The third-order valence-corrected chi connectivity index (χ3v) is 6.37. The molecule has 1 aliphatic rings. The molecule has 1 aliphatic heterocycles. The van der Waals surface area contributed by atoms with E-state index < -0.39 is 26.8 Å². The Morgan fingerprint density at radius 3 is 2.29 bits per heavy atom. The number of hydrogen-bond acceptors (Lipinski definition) is 5. The summed E-state index contributed by atoms with van der Waals surface area (Å²) in [5.74, 6) is -1.84. The first kappa shape index (κ1) is 18.3. The summed E-state index contributed by atoms with van der Waals surface area (Å²) in [4.78, 5) is 21.6. The van der Waals surface area contributed by atoms with E-state index in [2.05, 4.69) is 0 Å². The van der Waals surface area contributed by atoms with Gasteiger partial charge in [-0.15, -0.1) is 0 Å². The molecule has 0 saturated carbocycles. The van der Waals surface area contributed by atoms with E-state index in [-0.39, 0.29) is 40.7 Å². The van der Waals surface area contributed by atoms with Crippen LogP contribution in [0, 0.1) is 35.8 Å². The molecule has 0 aromatic heterocycles. The van der Waals surface area contributed by atoms with E-state index in [1.807, 2.05) is 6.92 Å². The molecule has 8 nitrogen and oxygen atoms in total. The average molecular weight is 356 g/mol. The van der Waals surface area contributed by atoms with Gasteiger partial charge in [0.25, 0.3) is 5.69 Å². The van der Waals surface area contributed by atoms with Crippen LogP contribution in [0.15, 0.2) is 17.0 Å². The minimum absolute atomic E-state index is 0.0198. The number of nitrogens with zero attached hydrogens (tertiary/aromatic N) is 2. The molecule has 1 heterocycles. The van der Waals surface area contributed by atoms with Crippen LogP contribution in [0.25, 0.3) is 0 Å². The van der Waals surface area contributed by atoms with Crippen molar-refractivity contribution in [1.82, 2.24) is 4.31 Å². The highest BCUT2D eigenvalue weighted by molar-refractivity contribution is 7.89. The number of carbonyl (C=O) groups is 1. The Morgan fingerprint density at radius 2 is 1.83 bits per heavy atom. The van der Waals surface area contributed by atoms with Crippen LogP contribution in [0.4, 0.5) is 5.69 Å². The highest BCUT2D eigenvalue weighted by Gasteiger charge is 2.37. The SMILES string of the molecule is Cc1cc([N+](=O)[O-])cc(C)c1S(=O)(=O)N1CC(C)CC(C(=O)O)C1. The molecule has 0 amide bonds. The maximum Gasteiger partial charge on any atom is 0.307 e. The van der Waals surface area contributed by atoms with Gasteiger partial charge >= 0.3 is 5.97 Å². The summed E-state index contributed by atoms with van der Waals surface area (Å²) < 4.78 is 27.2. The Hall–Kier alpha value is -2.00. The maximum atomic E-state index is 13.0. The van der Waals surface area contributed by atoms with Crippen LogP contribution in [0.1, 0.15) is 24.5 Å². The van der Waals surface area contributed by atoms with Gasteiger partial charge in [-0.1, -0.05) is 6.92 Å².